The second-order valence-corrected chi connectivity index (χ2v) is 7.10. The van der Waals surface area contributed by atoms with Gasteiger partial charge in [0.2, 0.25) is 0 Å². The number of ether oxygens (including phenoxy) is 1. The van der Waals surface area contributed by atoms with Gasteiger partial charge in [0.1, 0.15) is 6.73 Å². The Hall–Kier alpha value is -1.05. The summed E-state index contributed by atoms with van der Waals surface area (Å²) in [6, 6.07) is -1.36. The lowest BCUT2D eigenvalue weighted by molar-refractivity contribution is 0.0946. The highest BCUT2D eigenvalue weighted by Gasteiger charge is 2.62. The molecule has 0 atom stereocenters. The van der Waals surface area contributed by atoms with Crippen molar-refractivity contribution in [3.63, 3.8) is 0 Å². The molecule has 1 aliphatic rings. The lowest BCUT2D eigenvalue weighted by Gasteiger charge is -2.21. The van der Waals surface area contributed by atoms with E-state index in [1.165, 1.54) is 7.11 Å². The number of nitrogens with zero attached hydrogens (tertiary/aromatic N) is 2. The second-order valence-electron chi connectivity index (χ2n) is 3.48. The van der Waals surface area contributed by atoms with Crippen LogP contribution in [0, 0.1) is 0 Å². The van der Waals surface area contributed by atoms with Crippen molar-refractivity contribution in [3.8, 4) is 0 Å². The van der Waals surface area contributed by atoms with E-state index in [0.717, 1.165) is 4.90 Å². The molecule has 112 valence electrons. The SMILES string of the molecule is COCN1CCN(S(=O)(=O)C(F)(F)S(=O)(=O)O)C1=O. The summed E-state index contributed by atoms with van der Waals surface area (Å²) in [5.41, 5.74) is 0. The highest BCUT2D eigenvalue weighted by molar-refractivity contribution is 8.06. The monoisotopic (exact) mass is 324 g/mol. The molecule has 13 heteroatoms. The van der Waals surface area contributed by atoms with Crippen LogP contribution >= 0.6 is 0 Å². The van der Waals surface area contributed by atoms with Crippen LogP contribution in [0.15, 0.2) is 0 Å². The Morgan fingerprint density at radius 1 is 1.32 bits per heavy atom. The normalized spacial score (nSPS) is 18.2. The van der Waals surface area contributed by atoms with E-state index in [-0.39, 0.29) is 17.6 Å². The fraction of sp³-hybridized carbons (Fsp3) is 0.833. The van der Waals surface area contributed by atoms with Gasteiger partial charge in [-0.1, -0.05) is 0 Å². The van der Waals surface area contributed by atoms with Gasteiger partial charge >= 0.3 is 30.8 Å². The first-order valence-corrected chi connectivity index (χ1v) is 7.50. The van der Waals surface area contributed by atoms with Gasteiger partial charge in [-0.25, -0.2) is 9.10 Å². The van der Waals surface area contributed by atoms with Gasteiger partial charge in [-0.05, 0) is 0 Å². The van der Waals surface area contributed by atoms with Crippen LogP contribution in [0.5, 0.6) is 0 Å². The lowest BCUT2D eigenvalue weighted by atomic mass is 10.6. The number of sulfonamides is 1. The number of carbonyl (C=O) groups is 1. The molecule has 0 bridgehead atoms. The summed E-state index contributed by atoms with van der Waals surface area (Å²) >= 11 is 0. The third kappa shape index (κ3) is 2.50. The molecule has 2 amide bonds. The van der Waals surface area contributed by atoms with Gasteiger partial charge in [-0.15, -0.1) is 0 Å². The molecule has 0 aromatic rings. The van der Waals surface area contributed by atoms with Crippen LogP contribution in [0.2, 0.25) is 0 Å². The summed E-state index contributed by atoms with van der Waals surface area (Å²) in [5, 5.41) is 0. The summed E-state index contributed by atoms with van der Waals surface area (Å²) in [5.74, 6) is 0. The van der Waals surface area contributed by atoms with E-state index < -0.39 is 37.3 Å². The first-order valence-electron chi connectivity index (χ1n) is 4.61. The van der Waals surface area contributed by atoms with Gasteiger partial charge in [0.25, 0.3) is 0 Å². The quantitative estimate of drug-likeness (QED) is 0.650. The average Bonchev–Trinajstić information content (AvgIpc) is 2.59. The summed E-state index contributed by atoms with van der Waals surface area (Å²) < 4.78 is 77.0. The Bertz CT molecular complexity index is 572. The van der Waals surface area contributed by atoms with E-state index in [1.54, 1.807) is 0 Å². The van der Waals surface area contributed by atoms with Gasteiger partial charge in [0.15, 0.2) is 0 Å². The summed E-state index contributed by atoms with van der Waals surface area (Å²) in [6.45, 7) is -1.26. The maximum Gasteiger partial charge on any atom is 0.489 e. The highest BCUT2D eigenvalue weighted by Crippen LogP contribution is 2.32. The summed E-state index contributed by atoms with van der Waals surface area (Å²) in [4.78, 5) is 12.3. The number of hydrogen-bond donors (Lipinski definition) is 1. The van der Waals surface area contributed by atoms with Crippen LogP contribution in [0.3, 0.4) is 0 Å². The maximum atomic E-state index is 13.2. The van der Waals surface area contributed by atoms with Gasteiger partial charge in [0.05, 0.1) is 6.54 Å². The summed E-state index contributed by atoms with van der Waals surface area (Å²) in [7, 11) is -10.9. The molecule has 9 nitrogen and oxygen atoms in total. The Balaban J connectivity index is 3.14. The first kappa shape index (κ1) is 16.0. The average molecular weight is 324 g/mol. The smallest absolute Gasteiger partial charge is 0.364 e. The fourth-order valence-electron chi connectivity index (χ4n) is 1.32. The van der Waals surface area contributed by atoms with Crippen molar-refractivity contribution in [1.82, 2.24) is 9.21 Å². The standard InChI is InChI=1S/C6H10F2N2O7S2/c1-17-4-9-2-3-10(5(9)11)18(12,13)6(7,8)19(14,15)16/h2-4H2,1H3,(H,14,15,16). The molecule has 0 saturated carbocycles. The van der Waals surface area contributed by atoms with Crippen molar-refractivity contribution in [2.45, 2.75) is 4.59 Å². The number of urea groups is 1. The van der Waals surface area contributed by atoms with Gasteiger partial charge in [0, 0.05) is 13.7 Å². The molecule has 0 radical (unpaired) electrons. The Morgan fingerprint density at radius 2 is 1.84 bits per heavy atom. The Kier molecular flexibility index (Phi) is 4.05. The van der Waals surface area contributed by atoms with Gasteiger partial charge < -0.3 is 4.74 Å². The highest BCUT2D eigenvalue weighted by atomic mass is 32.3. The minimum atomic E-state index is -6.22. The topological polar surface area (TPSA) is 121 Å². The molecule has 0 aliphatic carbocycles. The zero-order chi connectivity index (χ0) is 15.1. The number of alkyl halides is 2. The van der Waals surface area contributed by atoms with Crippen molar-refractivity contribution in [1.29, 1.82) is 0 Å². The first-order chi connectivity index (χ1) is 8.46. The van der Waals surface area contributed by atoms with Crippen molar-refractivity contribution in [3.05, 3.63) is 0 Å². The van der Waals surface area contributed by atoms with Gasteiger partial charge in [-0.3, -0.25) is 9.45 Å². The van der Waals surface area contributed by atoms with E-state index in [0.29, 0.717) is 0 Å². The Morgan fingerprint density at radius 3 is 2.26 bits per heavy atom. The number of methoxy groups -OCH3 is 1. The molecule has 0 aromatic carbocycles. The van der Waals surface area contributed by atoms with E-state index in [2.05, 4.69) is 4.74 Å². The molecule has 1 aliphatic heterocycles. The molecule has 1 saturated heterocycles. The largest absolute Gasteiger partial charge is 0.489 e. The fourth-order valence-corrected chi connectivity index (χ4v) is 3.55. The van der Waals surface area contributed by atoms with Crippen molar-refractivity contribution in [2.24, 2.45) is 0 Å². The third-order valence-corrected chi connectivity index (χ3v) is 5.62. The van der Waals surface area contributed by atoms with E-state index in [9.17, 15) is 30.4 Å². The molecule has 1 fully saturated rings. The number of rotatable bonds is 5. The second kappa shape index (κ2) is 4.81. The molecule has 1 N–H and O–H groups in total. The van der Waals surface area contributed by atoms with Crippen molar-refractivity contribution >= 4 is 26.2 Å². The van der Waals surface area contributed by atoms with E-state index >= 15 is 0 Å². The van der Waals surface area contributed by atoms with Crippen molar-refractivity contribution < 1.29 is 39.7 Å². The minimum Gasteiger partial charge on any atom is -0.364 e. The van der Waals surface area contributed by atoms with Crippen molar-refractivity contribution in [2.75, 3.05) is 26.9 Å². The van der Waals surface area contributed by atoms with Crippen LogP contribution < -0.4 is 0 Å². The summed E-state index contributed by atoms with van der Waals surface area (Å²) in [6.07, 6.45) is 0. The molecule has 1 rings (SSSR count). The molecular formula is C6H10F2N2O7S2. The number of amides is 2. The zero-order valence-electron chi connectivity index (χ0n) is 9.48. The Labute approximate surface area is 107 Å². The molecular weight excluding hydrogens is 314 g/mol. The number of carbonyl (C=O) groups excluding carboxylic acids is 1. The predicted molar refractivity (Wildman–Crippen MR) is 56.1 cm³/mol. The van der Waals surface area contributed by atoms with E-state index in [4.69, 9.17) is 4.55 Å². The molecule has 1 heterocycles. The van der Waals surface area contributed by atoms with Gasteiger partial charge in [-0.2, -0.15) is 25.6 Å². The molecule has 0 spiro atoms. The molecule has 0 aromatic heterocycles. The van der Waals surface area contributed by atoms with Crippen LogP contribution in [0.25, 0.3) is 0 Å². The lowest BCUT2D eigenvalue weighted by Crippen LogP contribution is -2.49. The van der Waals surface area contributed by atoms with E-state index in [1.807, 2.05) is 0 Å². The molecule has 19 heavy (non-hydrogen) atoms. The van der Waals surface area contributed by atoms with Crippen LogP contribution in [0.4, 0.5) is 13.6 Å². The minimum absolute atomic E-state index is 0.243. The van der Waals surface area contributed by atoms with Crippen LogP contribution in [-0.2, 0) is 24.9 Å². The predicted octanol–water partition coefficient (Wildman–Crippen LogP) is -0.904. The zero-order valence-corrected chi connectivity index (χ0v) is 11.1. The number of hydrogen-bond acceptors (Lipinski definition) is 6. The third-order valence-electron chi connectivity index (χ3n) is 2.23. The number of halogens is 2. The van der Waals surface area contributed by atoms with Crippen LogP contribution in [-0.4, -0.2) is 68.1 Å². The maximum absolute atomic E-state index is 13.2. The van der Waals surface area contributed by atoms with Crippen LogP contribution in [0.1, 0.15) is 0 Å². The molecule has 0 unspecified atom stereocenters.